The number of ketones is 1. The number of hydrogen-bond donors (Lipinski definition) is 1. The van der Waals surface area contributed by atoms with E-state index in [2.05, 4.69) is 9.97 Å². The predicted octanol–water partition coefficient (Wildman–Crippen LogP) is 3.38. The summed E-state index contributed by atoms with van der Waals surface area (Å²) in [4.78, 5) is 19.2. The van der Waals surface area contributed by atoms with Crippen LogP contribution in [0.2, 0.25) is 0 Å². The average Bonchev–Trinajstić information content (AvgIpc) is 2.87. The van der Waals surface area contributed by atoms with Crippen LogP contribution in [0.5, 0.6) is 0 Å². The summed E-state index contributed by atoms with van der Waals surface area (Å²) in [7, 11) is 0. The molecule has 0 spiro atoms. The fraction of sp³-hybridized carbons (Fsp3) is 0.0667. The Morgan fingerprint density at radius 3 is 2.85 bits per heavy atom. The lowest BCUT2D eigenvalue weighted by atomic mass is 10.0. The number of rotatable bonds is 2. The molecule has 0 fully saturated rings. The van der Waals surface area contributed by atoms with Crippen molar-refractivity contribution in [1.82, 2.24) is 9.97 Å². The van der Waals surface area contributed by atoms with Crippen molar-refractivity contribution in [3.05, 3.63) is 65.0 Å². The highest BCUT2D eigenvalue weighted by Gasteiger charge is 2.22. The zero-order valence-electron chi connectivity index (χ0n) is 10.6. The van der Waals surface area contributed by atoms with E-state index in [1.807, 2.05) is 0 Å². The van der Waals surface area contributed by atoms with Gasteiger partial charge < -0.3 is 4.98 Å². The van der Waals surface area contributed by atoms with Crippen LogP contribution in [0.15, 0.2) is 36.7 Å². The number of carbonyl (C=O) groups is 1. The van der Waals surface area contributed by atoms with Gasteiger partial charge in [0, 0.05) is 23.3 Å². The smallest absolute Gasteiger partial charge is 0.201 e. The molecule has 0 amide bonds. The second kappa shape index (κ2) is 4.52. The van der Waals surface area contributed by atoms with Crippen molar-refractivity contribution in [1.29, 1.82) is 0 Å². The fourth-order valence-corrected chi connectivity index (χ4v) is 2.14. The first-order chi connectivity index (χ1) is 9.59. The molecule has 3 nitrogen and oxygen atoms in total. The Labute approximate surface area is 113 Å². The summed E-state index contributed by atoms with van der Waals surface area (Å²) in [6.07, 6.45) is 2.99. The van der Waals surface area contributed by atoms with Crippen LogP contribution in [0.3, 0.4) is 0 Å². The van der Waals surface area contributed by atoms with Gasteiger partial charge in [0.2, 0.25) is 5.78 Å². The summed E-state index contributed by atoms with van der Waals surface area (Å²) in [5.74, 6) is -2.38. The van der Waals surface area contributed by atoms with Gasteiger partial charge in [0.15, 0.2) is 0 Å². The number of benzene rings is 1. The molecule has 0 aliphatic heterocycles. The van der Waals surface area contributed by atoms with E-state index in [0.29, 0.717) is 11.0 Å². The summed E-state index contributed by atoms with van der Waals surface area (Å²) >= 11 is 0. The van der Waals surface area contributed by atoms with Crippen LogP contribution in [0.25, 0.3) is 11.0 Å². The maximum Gasteiger partial charge on any atom is 0.201 e. The SMILES string of the molecule is Cc1ccc(F)c(C(=O)c2c[nH]c3ncccc23)c1F. The molecular weight excluding hydrogens is 262 g/mol. The van der Waals surface area contributed by atoms with Crippen molar-refractivity contribution >= 4 is 16.8 Å². The molecule has 0 bridgehead atoms. The molecule has 0 saturated heterocycles. The van der Waals surface area contributed by atoms with Crippen molar-refractivity contribution in [2.75, 3.05) is 0 Å². The van der Waals surface area contributed by atoms with Gasteiger partial charge in [-0.25, -0.2) is 13.8 Å². The van der Waals surface area contributed by atoms with Gasteiger partial charge in [-0.05, 0) is 30.7 Å². The van der Waals surface area contributed by atoms with Crippen LogP contribution in [0.1, 0.15) is 21.5 Å². The van der Waals surface area contributed by atoms with Gasteiger partial charge >= 0.3 is 0 Å². The lowest BCUT2D eigenvalue weighted by Crippen LogP contribution is -2.08. The molecule has 100 valence electrons. The van der Waals surface area contributed by atoms with Gasteiger partial charge in [0.1, 0.15) is 17.3 Å². The standard InChI is InChI=1S/C15H10F2N2O/c1-8-4-5-11(16)12(13(8)17)14(20)10-7-19-15-9(10)3-2-6-18-15/h2-7H,1H3,(H,18,19). The molecule has 0 aliphatic rings. The maximum atomic E-state index is 14.0. The second-order valence-electron chi connectivity index (χ2n) is 4.48. The molecule has 2 heterocycles. The number of H-pyrrole nitrogens is 1. The Hall–Kier alpha value is -2.56. The van der Waals surface area contributed by atoms with E-state index < -0.39 is 23.0 Å². The van der Waals surface area contributed by atoms with Crippen molar-refractivity contribution in [3.8, 4) is 0 Å². The van der Waals surface area contributed by atoms with Gasteiger partial charge in [0.05, 0.1) is 5.56 Å². The van der Waals surface area contributed by atoms with Crippen LogP contribution < -0.4 is 0 Å². The minimum Gasteiger partial charge on any atom is -0.345 e. The van der Waals surface area contributed by atoms with Crippen molar-refractivity contribution in [2.24, 2.45) is 0 Å². The van der Waals surface area contributed by atoms with E-state index >= 15 is 0 Å². The Bertz CT molecular complexity index is 824. The Morgan fingerprint density at radius 2 is 2.05 bits per heavy atom. The molecular formula is C15H10F2N2O. The molecule has 3 aromatic rings. The van der Waals surface area contributed by atoms with E-state index in [0.717, 1.165) is 6.07 Å². The first-order valence-corrected chi connectivity index (χ1v) is 6.01. The molecule has 5 heteroatoms. The van der Waals surface area contributed by atoms with Gasteiger partial charge in [0.25, 0.3) is 0 Å². The molecule has 20 heavy (non-hydrogen) atoms. The van der Waals surface area contributed by atoms with Crippen LogP contribution in [-0.2, 0) is 0 Å². The number of nitrogens with zero attached hydrogens (tertiary/aromatic N) is 1. The number of halogens is 2. The molecule has 0 unspecified atom stereocenters. The molecule has 3 rings (SSSR count). The van der Waals surface area contributed by atoms with Crippen molar-refractivity contribution < 1.29 is 13.6 Å². The second-order valence-corrected chi connectivity index (χ2v) is 4.48. The first-order valence-electron chi connectivity index (χ1n) is 6.01. The van der Waals surface area contributed by atoms with Crippen LogP contribution in [0.4, 0.5) is 8.78 Å². The quantitative estimate of drug-likeness (QED) is 0.727. The Kier molecular flexibility index (Phi) is 2.82. The minimum absolute atomic E-state index is 0.205. The number of aromatic nitrogens is 2. The lowest BCUT2D eigenvalue weighted by Gasteiger charge is -2.05. The van der Waals surface area contributed by atoms with Gasteiger partial charge in [-0.1, -0.05) is 6.07 Å². The highest BCUT2D eigenvalue weighted by Crippen LogP contribution is 2.24. The molecule has 1 N–H and O–H groups in total. The number of pyridine rings is 1. The molecule has 0 saturated carbocycles. The van der Waals surface area contributed by atoms with Gasteiger partial charge in [-0.3, -0.25) is 4.79 Å². The number of aryl methyl sites for hydroxylation is 1. The van der Waals surface area contributed by atoms with E-state index in [1.54, 1.807) is 18.3 Å². The largest absolute Gasteiger partial charge is 0.345 e. The van der Waals surface area contributed by atoms with Crippen LogP contribution >= 0.6 is 0 Å². The zero-order valence-corrected chi connectivity index (χ0v) is 10.6. The Morgan fingerprint density at radius 1 is 1.25 bits per heavy atom. The summed E-state index contributed by atoms with van der Waals surface area (Å²) in [5, 5.41) is 0.540. The minimum atomic E-state index is -0.864. The highest BCUT2D eigenvalue weighted by molar-refractivity contribution is 6.16. The van der Waals surface area contributed by atoms with Gasteiger partial charge in [-0.15, -0.1) is 0 Å². The Balaban J connectivity index is 2.21. The summed E-state index contributed by atoms with van der Waals surface area (Å²) in [6.45, 7) is 1.49. The average molecular weight is 272 g/mol. The topological polar surface area (TPSA) is 45.8 Å². The molecule has 1 aromatic carbocycles. The van der Waals surface area contributed by atoms with Crippen LogP contribution in [0, 0.1) is 18.6 Å². The summed E-state index contributed by atoms with van der Waals surface area (Å²) < 4.78 is 27.8. The molecule has 0 radical (unpaired) electrons. The number of nitrogens with one attached hydrogen (secondary N) is 1. The number of carbonyl (C=O) groups excluding carboxylic acids is 1. The number of fused-ring (bicyclic) bond motifs is 1. The third-order valence-corrected chi connectivity index (χ3v) is 3.21. The molecule has 0 atom stereocenters. The highest BCUT2D eigenvalue weighted by atomic mass is 19.1. The number of hydrogen-bond acceptors (Lipinski definition) is 2. The van der Waals surface area contributed by atoms with E-state index in [1.165, 1.54) is 19.2 Å². The van der Waals surface area contributed by atoms with Crippen molar-refractivity contribution in [2.45, 2.75) is 6.92 Å². The predicted molar refractivity (Wildman–Crippen MR) is 70.6 cm³/mol. The molecule has 2 aromatic heterocycles. The maximum absolute atomic E-state index is 14.0. The van der Waals surface area contributed by atoms with E-state index in [9.17, 15) is 13.6 Å². The third kappa shape index (κ3) is 1.79. The number of aromatic amines is 1. The monoisotopic (exact) mass is 272 g/mol. The molecule has 0 aliphatic carbocycles. The third-order valence-electron chi connectivity index (χ3n) is 3.21. The fourth-order valence-electron chi connectivity index (χ4n) is 2.14. The van der Waals surface area contributed by atoms with Gasteiger partial charge in [-0.2, -0.15) is 0 Å². The normalized spacial score (nSPS) is 10.9. The summed E-state index contributed by atoms with van der Waals surface area (Å²) in [5.41, 5.74) is 0.406. The summed E-state index contributed by atoms with van der Waals surface area (Å²) in [6, 6.07) is 5.74. The van der Waals surface area contributed by atoms with Crippen molar-refractivity contribution in [3.63, 3.8) is 0 Å². The zero-order chi connectivity index (χ0) is 14.3. The first kappa shape index (κ1) is 12.5. The van der Waals surface area contributed by atoms with E-state index in [4.69, 9.17) is 0 Å². The van der Waals surface area contributed by atoms with Crippen LogP contribution in [-0.4, -0.2) is 15.8 Å². The lowest BCUT2D eigenvalue weighted by molar-refractivity contribution is 0.103. The van der Waals surface area contributed by atoms with E-state index in [-0.39, 0.29) is 11.1 Å².